The standard InChI is InChI=1S/C30H39N7O6/c31-13-5-4-8-24(35-27(39)23(32)14-20-9-11-22(38)12-10-20)28(40)36-25(16-21-17-33-18-34-21)29(41)37-26(30(42)43)15-19-6-2-1-3-7-19/h1-3,6-7,9-12,17-18,23-26,38H,4-5,8,13-16,31-32H2,(H,33,34)(H,35,39)(H,36,40)(H,37,41)(H,42,43). The summed E-state index contributed by atoms with van der Waals surface area (Å²) in [5.74, 6) is -3.04. The van der Waals surface area contributed by atoms with Gasteiger partial charge in [0, 0.05) is 24.7 Å². The number of aliphatic carboxylic acids is 1. The van der Waals surface area contributed by atoms with E-state index >= 15 is 0 Å². The number of nitrogens with zero attached hydrogens (tertiary/aromatic N) is 1. The third-order valence-electron chi connectivity index (χ3n) is 6.82. The highest BCUT2D eigenvalue weighted by Gasteiger charge is 2.31. The summed E-state index contributed by atoms with van der Waals surface area (Å²) in [6.07, 6.45) is 4.51. The molecule has 0 bridgehead atoms. The molecule has 3 amide bonds. The molecule has 0 saturated carbocycles. The number of benzene rings is 2. The van der Waals surface area contributed by atoms with E-state index in [4.69, 9.17) is 11.5 Å². The molecule has 2 aromatic carbocycles. The van der Waals surface area contributed by atoms with Crippen LogP contribution in [-0.2, 0) is 38.4 Å². The molecular formula is C30H39N7O6. The minimum absolute atomic E-state index is 0.000911. The lowest BCUT2D eigenvalue weighted by Crippen LogP contribution is -2.58. The summed E-state index contributed by atoms with van der Waals surface area (Å²) in [7, 11) is 0. The number of carbonyl (C=O) groups is 4. The zero-order valence-corrected chi connectivity index (χ0v) is 23.7. The number of phenols is 1. The quantitative estimate of drug-likeness (QED) is 0.0995. The van der Waals surface area contributed by atoms with Gasteiger partial charge in [-0.3, -0.25) is 14.4 Å². The smallest absolute Gasteiger partial charge is 0.326 e. The van der Waals surface area contributed by atoms with Gasteiger partial charge in [-0.2, -0.15) is 0 Å². The first-order chi connectivity index (χ1) is 20.7. The Kier molecular flexibility index (Phi) is 12.7. The Labute approximate surface area is 249 Å². The summed E-state index contributed by atoms with van der Waals surface area (Å²) < 4.78 is 0. The van der Waals surface area contributed by atoms with Crippen LogP contribution in [-0.4, -0.2) is 74.6 Å². The Morgan fingerprint density at radius 3 is 2.05 bits per heavy atom. The number of unbranched alkanes of at least 4 members (excludes halogenated alkanes) is 1. The fraction of sp³-hybridized carbons (Fsp3) is 0.367. The highest BCUT2D eigenvalue weighted by molar-refractivity contribution is 5.94. The molecule has 3 aromatic rings. The first kappa shape index (κ1) is 32.8. The fourth-order valence-electron chi connectivity index (χ4n) is 4.44. The lowest BCUT2D eigenvalue weighted by atomic mass is 10.0. The Balaban J connectivity index is 1.73. The van der Waals surface area contributed by atoms with Crippen LogP contribution < -0.4 is 27.4 Å². The Morgan fingerprint density at radius 1 is 0.791 bits per heavy atom. The van der Waals surface area contributed by atoms with Crippen molar-refractivity contribution < 1.29 is 29.4 Å². The molecule has 0 aliphatic rings. The second kappa shape index (κ2) is 16.6. The summed E-state index contributed by atoms with van der Waals surface area (Å²) in [5.41, 5.74) is 13.7. The van der Waals surface area contributed by atoms with Crippen molar-refractivity contribution in [2.75, 3.05) is 6.54 Å². The summed E-state index contributed by atoms with van der Waals surface area (Å²) in [6, 6.07) is 10.7. The van der Waals surface area contributed by atoms with Gasteiger partial charge in [-0.1, -0.05) is 42.5 Å². The van der Waals surface area contributed by atoms with Crippen LogP contribution in [0.15, 0.2) is 67.1 Å². The van der Waals surface area contributed by atoms with E-state index in [2.05, 4.69) is 25.9 Å². The van der Waals surface area contributed by atoms with E-state index in [1.807, 2.05) is 0 Å². The van der Waals surface area contributed by atoms with Crippen molar-refractivity contribution in [3.63, 3.8) is 0 Å². The number of nitrogens with one attached hydrogen (secondary N) is 4. The molecule has 4 atom stereocenters. The normalized spacial score (nSPS) is 13.7. The maximum Gasteiger partial charge on any atom is 0.326 e. The number of aromatic hydroxyl groups is 1. The van der Waals surface area contributed by atoms with E-state index in [0.29, 0.717) is 25.1 Å². The van der Waals surface area contributed by atoms with Gasteiger partial charge in [0.1, 0.15) is 23.9 Å². The molecule has 13 nitrogen and oxygen atoms in total. The van der Waals surface area contributed by atoms with Gasteiger partial charge in [0.05, 0.1) is 12.4 Å². The minimum Gasteiger partial charge on any atom is -0.508 e. The summed E-state index contributed by atoms with van der Waals surface area (Å²) in [5, 5.41) is 27.2. The Morgan fingerprint density at radius 2 is 1.42 bits per heavy atom. The number of nitrogens with two attached hydrogens (primary N) is 2. The van der Waals surface area contributed by atoms with Crippen LogP contribution in [0.1, 0.15) is 36.1 Å². The van der Waals surface area contributed by atoms with Crippen LogP contribution in [0, 0.1) is 0 Å². The monoisotopic (exact) mass is 593 g/mol. The van der Waals surface area contributed by atoms with E-state index in [0.717, 1.165) is 11.1 Å². The van der Waals surface area contributed by atoms with Gasteiger partial charge in [0.15, 0.2) is 0 Å². The molecule has 0 radical (unpaired) electrons. The third kappa shape index (κ3) is 10.9. The third-order valence-corrected chi connectivity index (χ3v) is 6.82. The van der Waals surface area contributed by atoms with Crippen molar-refractivity contribution >= 4 is 23.7 Å². The molecule has 1 heterocycles. The number of amides is 3. The molecule has 43 heavy (non-hydrogen) atoms. The number of carboxylic acids is 1. The first-order valence-electron chi connectivity index (χ1n) is 14.0. The first-order valence-corrected chi connectivity index (χ1v) is 14.0. The number of imidazole rings is 1. The van der Waals surface area contributed by atoms with Gasteiger partial charge in [0.25, 0.3) is 0 Å². The number of aromatic nitrogens is 2. The van der Waals surface area contributed by atoms with Crippen molar-refractivity contribution in [1.29, 1.82) is 0 Å². The van der Waals surface area contributed by atoms with Gasteiger partial charge in [-0.05, 0) is 55.5 Å². The fourth-order valence-corrected chi connectivity index (χ4v) is 4.44. The molecule has 10 N–H and O–H groups in total. The van der Waals surface area contributed by atoms with Crippen molar-refractivity contribution in [3.05, 3.63) is 83.9 Å². The van der Waals surface area contributed by atoms with Crippen LogP contribution >= 0.6 is 0 Å². The molecular weight excluding hydrogens is 554 g/mol. The zero-order valence-electron chi connectivity index (χ0n) is 23.7. The average Bonchev–Trinajstić information content (AvgIpc) is 3.50. The number of hydrogen-bond donors (Lipinski definition) is 8. The van der Waals surface area contributed by atoms with Crippen molar-refractivity contribution in [1.82, 2.24) is 25.9 Å². The van der Waals surface area contributed by atoms with E-state index in [9.17, 15) is 29.4 Å². The second-order valence-corrected chi connectivity index (χ2v) is 10.3. The van der Waals surface area contributed by atoms with Crippen molar-refractivity contribution in [3.8, 4) is 5.75 Å². The number of aromatic amines is 1. The van der Waals surface area contributed by atoms with Crippen LogP contribution in [0.4, 0.5) is 0 Å². The minimum atomic E-state index is -1.24. The highest BCUT2D eigenvalue weighted by atomic mass is 16.4. The summed E-state index contributed by atoms with van der Waals surface area (Å²) in [6.45, 7) is 0.394. The Hall–Kier alpha value is -4.75. The number of carbonyl (C=O) groups excluding carboxylic acids is 3. The SMILES string of the molecule is NCCCCC(NC(=O)C(N)Cc1ccc(O)cc1)C(=O)NC(Cc1cnc[nH]1)C(=O)NC(Cc1ccccc1)C(=O)O. The van der Waals surface area contributed by atoms with Gasteiger partial charge in [-0.15, -0.1) is 0 Å². The molecule has 4 unspecified atom stereocenters. The molecule has 230 valence electrons. The second-order valence-electron chi connectivity index (χ2n) is 10.3. The van der Waals surface area contributed by atoms with E-state index in [-0.39, 0.29) is 31.4 Å². The summed E-state index contributed by atoms with van der Waals surface area (Å²) in [4.78, 5) is 58.7. The molecule has 3 rings (SSSR count). The predicted octanol–water partition coefficient (Wildman–Crippen LogP) is 0.139. The lowest BCUT2D eigenvalue weighted by molar-refractivity contribution is -0.142. The van der Waals surface area contributed by atoms with Crippen LogP contribution in [0.5, 0.6) is 5.75 Å². The van der Waals surface area contributed by atoms with E-state index in [1.54, 1.807) is 42.5 Å². The molecule has 1 aromatic heterocycles. The van der Waals surface area contributed by atoms with Gasteiger partial charge >= 0.3 is 5.97 Å². The van der Waals surface area contributed by atoms with Crippen molar-refractivity contribution in [2.24, 2.45) is 11.5 Å². The van der Waals surface area contributed by atoms with Crippen molar-refractivity contribution in [2.45, 2.75) is 62.7 Å². The molecule has 0 aliphatic carbocycles. The molecule has 0 spiro atoms. The van der Waals surface area contributed by atoms with Crippen LogP contribution in [0.25, 0.3) is 0 Å². The van der Waals surface area contributed by atoms with Crippen LogP contribution in [0.2, 0.25) is 0 Å². The number of rotatable bonds is 17. The number of carboxylic acid groups (broad SMARTS) is 1. The maximum atomic E-state index is 13.5. The predicted molar refractivity (Wildman–Crippen MR) is 159 cm³/mol. The van der Waals surface area contributed by atoms with Gasteiger partial charge in [-0.25, -0.2) is 9.78 Å². The van der Waals surface area contributed by atoms with Gasteiger partial charge in [0.2, 0.25) is 17.7 Å². The van der Waals surface area contributed by atoms with Crippen LogP contribution in [0.3, 0.4) is 0 Å². The number of H-pyrrole nitrogens is 1. The topological polar surface area (TPSA) is 226 Å². The summed E-state index contributed by atoms with van der Waals surface area (Å²) >= 11 is 0. The number of hydrogen-bond acceptors (Lipinski definition) is 8. The maximum absolute atomic E-state index is 13.5. The molecule has 0 saturated heterocycles. The zero-order chi connectivity index (χ0) is 31.2. The molecule has 0 fully saturated rings. The Bertz CT molecular complexity index is 1320. The largest absolute Gasteiger partial charge is 0.508 e. The van der Waals surface area contributed by atoms with Gasteiger partial charge < -0.3 is 42.6 Å². The highest BCUT2D eigenvalue weighted by Crippen LogP contribution is 2.12. The van der Waals surface area contributed by atoms with E-state index < -0.39 is 47.9 Å². The lowest BCUT2D eigenvalue weighted by Gasteiger charge is -2.25. The molecule has 13 heteroatoms. The molecule has 0 aliphatic heterocycles. The van der Waals surface area contributed by atoms with E-state index in [1.165, 1.54) is 24.7 Å². The number of phenolic OH excluding ortho intramolecular Hbond substituents is 1. The average molecular weight is 594 g/mol.